The van der Waals surface area contributed by atoms with Gasteiger partial charge in [0.25, 0.3) is 0 Å². The maximum absolute atomic E-state index is 12.4. The van der Waals surface area contributed by atoms with Crippen LogP contribution in [-0.2, 0) is 14.3 Å². The molecule has 3 aromatic rings. The van der Waals surface area contributed by atoms with Gasteiger partial charge in [-0.1, -0.05) is 66.7 Å². The second kappa shape index (κ2) is 12.9. The van der Waals surface area contributed by atoms with Crippen LogP contribution in [0.4, 0.5) is 0 Å². The molecule has 4 rings (SSSR count). The van der Waals surface area contributed by atoms with E-state index in [2.05, 4.69) is 6.58 Å². The third-order valence-corrected chi connectivity index (χ3v) is 5.80. The number of phenolic OH excluding ortho intramolecular Hbond substituents is 1. The van der Waals surface area contributed by atoms with Crippen molar-refractivity contribution >= 4 is 17.3 Å². The third kappa shape index (κ3) is 6.25. The fraction of sp³-hybridized carbons (Fsp3) is 0.129. The van der Waals surface area contributed by atoms with Gasteiger partial charge in [-0.15, -0.1) is 6.58 Å². The Bertz CT molecular complexity index is 1390. The van der Waals surface area contributed by atoms with Gasteiger partial charge in [-0.25, -0.2) is 0 Å². The van der Waals surface area contributed by atoms with E-state index >= 15 is 0 Å². The monoisotopic (exact) mass is 512 g/mol. The van der Waals surface area contributed by atoms with E-state index in [9.17, 15) is 19.5 Å². The van der Waals surface area contributed by atoms with Crippen molar-refractivity contribution in [1.82, 2.24) is 0 Å². The Morgan fingerprint density at radius 2 is 1.47 bits per heavy atom. The zero-order valence-electron chi connectivity index (χ0n) is 21.3. The highest BCUT2D eigenvalue weighted by Crippen LogP contribution is 2.35. The summed E-state index contributed by atoms with van der Waals surface area (Å²) in [5.41, 5.74) is 1.97. The number of carbonyl (C=O) groups excluding carboxylic acids is 3. The molecule has 0 saturated heterocycles. The van der Waals surface area contributed by atoms with Gasteiger partial charge in [0.2, 0.25) is 11.6 Å². The van der Waals surface area contributed by atoms with Gasteiger partial charge in [-0.3, -0.25) is 14.4 Å². The Labute approximate surface area is 221 Å². The topological polar surface area (TPSA) is 99.1 Å². The molecule has 38 heavy (non-hydrogen) atoms. The molecule has 1 atom stereocenters. The van der Waals surface area contributed by atoms with Gasteiger partial charge in [0.1, 0.15) is 22.8 Å². The zero-order chi connectivity index (χ0) is 27.7. The first-order valence-electron chi connectivity index (χ1n) is 11.6. The SMILES string of the molecule is C=CC(C1=CC(=O)C(OC)=CC1=O)c1ccccc1.COc1cc(O)c(C(=O)c2ccccc2)c(OC)c1. The first-order valence-corrected chi connectivity index (χ1v) is 11.6. The number of allylic oxidation sites excluding steroid dienone is 4. The van der Waals surface area contributed by atoms with Crippen molar-refractivity contribution in [3.8, 4) is 17.2 Å². The Hall–Kier alpha value is -4.91. The highest BCUT2D eigenvalue weighted by Gasteiger charge is 2.26. The quantitative estimate of drug-likeness (QED) is 0.251. The van der Waals surface area contributed by atoms with Crippen LogP contribution >= 0.6 is 0 Å². The average Bonchev–Trinajstić information content (AvgIpc) is 2.95. The molecule has 0 saturated carbocycles. The smallest absolute Gasteiger partial charge is 0.220 e. The lowest BCUT2D eigenvalue weighted by atomic mass is 9.85. The van der Waals surface area contributed by atoms with Crippen LogP contribution in [0.3, 0.4) is 0 Å². The standard InChI is InChI=1S/C16H14O3.C15H14O4/c1-3-12(11-7-5-4-6-8-11)13-9-15(18)16(19-2)10-14(13)17;1-18-11-8-12(16)14(13(9-11)19-2)15(17)10-6-4-3-5-7-10/h3-10,12H,1H2,2H3;3-9,16H,1-2H3. The van der Waals surface area contributed by atoms with Crippen LogP contribution < -0.4 is 9.47 Å². The number of ether oxygens (including phenoxy) is 3. The van der Waals surface area contributed by atoms with Gasteiger partial charge in [-0.05, 0) is 11.6 Å². The van der Waals surface area contributed by atoms with Gasteiger partial charge >= 0.3 is 0 Å². The average molecular weight is 513 g/mol. The summed E-state index contributed by atoms with van der Waals surface area (Å²) in [5, 5.41) is 9.99. The van der Waals surface area contributed by atoms with Crippen molar-refractivity contribution in [2.45, 2.75) is 5.92 Å². The Morgan fingerprint density at radius 3 is 2.03 bits per heavy atom. The molecule has 0 fully saturated rings. The Kier molecular flexibility index (Phi) is 9.37. The summed E-state index contributed by atoms with van der Waals surface area (Å²) in [6.45, 7) is 3.75. The van der Waals surface area contributed by atoms with E-state index in [-0.39, 0.29) is 46.1 Å². The van der Waals surface area contributed by atoms with E-state index < -0.39 is 0 Å². The Morgan fingerprint density at radius 1 is 0.842 bits per heavy atom. The molecule has 0 heterocycles. The van der Waals surface area contributed by atoms with Gasteiger partial charge in [0.15, 0.2) is 11.5 Å². The maximum Gasteiger partial charge on any atom is 0.220 e. The van der Waals surface area contributed by atoms with Crippen molar-refractivity contribution in [1.29, 1.82) is 0 Å². The summed E-state index contributed by atoms with van der Waals surface area (Å²) in [4.78, 5) is 36.2. The normalized spacial score (nSPS) is 13.2. The number of benzene rings is 3. The lowest BCUT2D eigenvalue weighted by molar-refractivity contribution is -0.117. The summed E-state index contributed by atoms with van der Waals surface area (Å²) in [7, 11) is 4.29. The molecule has 0 radical (unpaired) electrons. The highest BCUT2D eigenvalue weighted by molar-refractivity contribution is 6.19. The maximum atomic E-state index is 12.4. The van der Waals surface area contributed by atoms with Crippen molar-refractivity contribution in [2.24, 2.45) is 0 Å². The van der Waals surface area contributed by atoms with Crippen LogP contribution in [0.25, 0.3) is 0 Å². The number of hydrogen-bond donors (Lipinski definition) is 1. The van der Waals surface area contributed by atoms with Gasteiger partial charge in [-0.2, -0.15) is 0 Å². The van der Waals surface area contributed by atoms with Crippen molar-refractivity contribution in [3.63, 3.8) is 0 Å². The molecule has 3 aromatic carbocycles. The number of carbonyl (C=O) groups is 3. The van der Waals surface area contributed by atoms with Crippen molar-refractivity contribution in [2.75, 3.05) is 21.3 Å². The predicted octanol–water partition coefficient (Wildman–Crippen LogP) is 5.21. The van der Waals surface area contributed by atoms with E-state index in [0.29, 0.717) is 16.9 Å². The minimum absolute atomic E-state index is 0.0737. The molecule has 7 nitrogen and oxygen atoms in total. The van der Waals surface area contributed by atoms with E-state index in [1.165, 1.54) is 39.5 Å². The van der Waals surface area contributed by atoms with E-state index in [1.807, 2.05) is 36.4 Å². The first-order chi connectivity index (χ1) is 18.3. The van der Waals surface area contributed by atoms with Crippen molar-refractivity contribution < 1.29 is 33.7 Å². The summed E-state index contributed by atoms with van der Waals surface area (Å²) >= 11 is 0. The summed E-state index contributed by atoms with van der Waals surface area (Å²) < 4.78 is 15.0. The number of hydrogen-bond acceptors (Lipinski definition) is 7. The van der Waals surface area contributed by atoms with Crippen LogP contribution in [-0.4, -0.2) is 43.8 Å². The van der Waals surface area contributed by atoms with E-state index in [0.717, 1.165) is 5.56 Å². The number of methoxy groups -OCH3 is 3. The Balaban J connectivity index is 0.000000211. The highest BCUT2D eigenvalue weighted by atomic mass is 16.5. The second-order valence-electron chi connectivity index (χ2n) is 8.08. The lowest BCUT2D eigenvalue weighted by Gasteiger charge is -2.18. The van der Waals surface area contributed by atoms with Crippen LogP contribution in [0.5, 0.6) is 17.2 Å². The van der Waals surface area contributed by atoms with Crippen LogP contribution in [0, 0.1) is 0 Å². The largest absolute Gasteiger partial charge is 0.507 e. The molecule has 1 N–H and O–H groups in total. The molecule has 0 amide bonds. The lowest BCUT2D eigenvalue weighted by Crippen LogP contribution is -2.18. The summed E-state index contributed by atoms with van der Waals surface area (Å²) in [6.07, 6.45) is 4.23. The predicted molar refractivity (Wildman–Crippen MR) is 144 cm³/mol. The number of rotatable bonds is 8. The minimum atomic E-state index is -0.294. The van der Waals surface area contributed by atoms with E-state index in [4.69, 9.17) is 14.2 Å². The van der Waals surface area contributed by atoms with Crippen LogP contribution in [0.1, 0.15) is 27.4 Å². The third-order valence-electron chi connectivity index (χ3n) is 5.80. The molecular formula is C31H28O7. The molecule has 194 valence electrons. The van der Waals surface area contributed by atoms with E-state index in [1.54, 1.807) is 36.4 Å². The van der Waals surface area contributed by atoms with Crippen LogP contribution in [0.2, 0.25) is 0 Å². The zero-order valence-corrected chi connectivity index (χ0v) is 21.3. The molecule has 0 spiro atoms. The van der Waals surface area contributed by atoms with Gasteiger partial charge in [0, 0.05) is 35.3 Å². The molecule has 7 heteroatoms. The minimum Gasteiger partial charge on any atom is -0.507 e. The molecule has 0 aliphatic heterocycles. The molecule has 1 aliphatic carbocycles. The summed E-state index contributed by atoms with van der Waals surface area (Å²) in [6, 6.07) is 21.2. The number of ketones is 3. The van der Waals surface area contributed by atoms with Gasteiger partial charge in [0.05, 0.1) is 21.3 Å². The first kappa shape index (κ1) is 27.7. The van der Waals surface area contributed by atoms with Crippen molar-refractivity contribution in [3.05, 3.63) is 126 Å². The van der Waals surface area contributed by atoms with Gasteiger partial charge < -0.3 is 19.3 Å². The second-order valence-corrected chi connectivity index (χ2v) is 8.08. The number of phenols is 1. The fourth-order valence-corrected chi connectivity index (χ4v) is 3.88. The molecule has 1 unspecified atom stereocenters. The fourth-order valence-electron chi connectivity index (χ4n) is 3.88. The number of aromatic hydroxyl groups is 1. The molecule has 0 aromatic heterocycles. The van der Waals surface area contributed by atoms with Crippen LogP contribution in [0.15, 0.2) is 109 Å². The molecular weight excluding hydrogens is 484 g/mol. The molecule has 0 bridgehead atoms. The summed E-state index contributed by atoms with van der Waals surface area (Å²) in [5.74, 6) is -0.464. The molecule has 1 aliphatic rings.